The fourth-order valence-electron chi connectivity index (χ4n) is 1.16. The average molecular weight is 191 g/mol. The molecule has 0 aliphatic carbocycles. The summed E-state index contributed by atoms with van der Waals surface area (Å²) in [5, 5.41) is 0. The van der Waals surface area contributed by atoms with Crippen LogP contribution in [0.2, 0.25) is 0 Å². The van der Waals surface area contributed by atoms with Gasteiger partial charge in [0.2, 0.25) is 0 Å². The molecule has 0 amide bonds. The van der Waals surface area contributed by atoms with Crippen molar-refractivity contribution in [2.45, 2.75) is 6.92 Å². The Morgan fingerprint density at radius 1 is 1.43 bits per heavy atom. The summed E-state index contributed by atoms with van der Waals surface area (Å²) in [6.45, 7) is 1.94. The van der Waals surface area contributed by atoms with Crippen LogP contribution in [0.3, 0.4) is 0 Å². The Hall–Kier alpha value is -1.77. The van der Waals surface area contributed by atoms with E-state index in [2.05, 4.69) is 4.74 Å². The van der Waals surface area contributed by atoms with Crippen LogP contribution in [-0.4, -0.2) is 13.1 Å². The SMILES string of the molecule is COC(=O)/C=C(/N)c1ccccc1C. The molecule has 0 aliphatic rings. The predicted molar refractivity (Wildman–Crippen MR) is 55.4 cm³/mol. The van der Waals surface area contributed by atoms with Gasteiger partial charge in [-0.2, -0.15) is 0 Å². The lowest BCUT2D eigenvalue weighted by Gasteiger charge is -2.04. The van der Waals surface area contributed by atoms with E-state index < -0.39 is 5.97 Å². The van der Waals surface area contributed by atoms with Crippen LogP contribution >= 0.6 is 0 Å². The summed E-state index contributed by atoms with van der Waals surface area (Å²) in [5.74, 6) is -0.439. The van der Waals surface area contributed by atoms with Crippen molar-refractivity contribution in [3.05, 3.63) is 41.5 Å². The Morgan fingerprint density at radius 3 is 2.64 bits per heavy atom. The zero-order valence-corrected chi connectivity index (χ0v) is 8.28. The summed E-state index contributed by atoms with van der Waals surface area (Å²) in [4.78, 5) is 10.9. The monoisotopic (exact) mass is 191 g/mol. The van der Waals surface area contributed by atoms with E-state index in [9.17, 15) is 4.79 Å². The van der Waals surface area contributed by atoms with Gasteiger partial charge in [-0.3, -0.25) is 0 Å². The van der Waals surface area contributed by atoms with Gasteiger partial charge in [-0.15, -0.1) is 0 Å². The van der Waals surface area contributed by atoms with Gasteiger partial charge >= 0.3 is 5.97 Å². The van der Waals surface area contributed by atoms with Gasteiger partial charge in [0, 0.05) is 17.3 Å². The Labute approximate surface area is 83.2 Å². The number of nitrogens with two attached hydrogens (primary N) is 1. The highest BCUT2D eigenvalue weighted by Gasteiger charge is 2.02. The molecule has 1 aromatic carbocycles. The van der Waals surface area contributed by atoms with Crippen LogP contribution < -0.4 is 5.73 Å². The molecule has 0 saturated carbocycles. The molecule has 0 heterocycles. The van der Waals surface area contributed by atoms with Crippen molar-refractivity contribution in [1.82, 2.24) is 0 Å². The summed E-state index contributed by atoms with van der Waals surface area (Å²) < 4.78 is 4.49. The van der Waals surface area contributed by atoms with Crippen LogP contribution in [0.25, 0.3) is 5.70 Å². The summed E-state index contributed by atoms with van der Waals surface area (Å²) in [6, 6.07) is 7.60. The Kier molecular flexibility index (Phi) is 3.29. The van der Waals surface area contributed by atoms with Gasteiger partial charge in [0.05, 0.1) is 7.11 Å². The minimum Gasteiger partial charge on any atom is -0.466 e. The van der Waals surface area contributed by atoms with Crippen molar-refractivity contribution < 1.29 is 9.53 Å². The molecule has 0 radical (unpaired) electrons. The maximum absolute atomic E-state index is 10.9. The number of aryl methyl sites for hydroxylation is 1. The maximum atomic E-state index is 10.9. The summed E-state index contributed by atoms with van der Waals surface area (Å²) in [7, 11) is 1.32. The van der Waals surface area contributed by atoms with Gasteiger partial charge in [-0.1, -0.05) is 24.3 Å². The van der Waals surface area contributed by atoms with Crippen molar-refractivity contribution in [3.8, 4) is 0 Å². The topological polar surface area (TPSA) is 52.3 Å². The van der Waals surface area contributed by atoms with E-state index in [1.54, 1.807) is 0 Å². The van der Waals surface area contributed by atoms with E-state index in [0.717, 1.165) is 11.1 Å². The zero-order chi connectivity index (χ0) is 10.6. The quantitative estimate of drug-likeness (QED) is 0.569. The minimum atomic E-state index is -0.439. The second-order valence-corrected chi connectivity index (χ2v) is 2.94. The highest BCUT2D eigenvalue weighted by molar-refractivity contribution is 5.90. The molecule has 1 rings (SSSR count). The van der Waals surface area contributed by atoms with Gasteiger partial charge in [-0.25, -0.2) is 4.79 Å². The van der Waals surface area contributed by atoms with Crippen molar-refractivity contribution in [3.63, 3.8) is 0 Å². The minimum absolute atomic E-state index is 0.426. The lowest BCUT2D eigenvalue weighted by atomic mass is 10.1. The van der Waals surface area contributed by atoms with Crippen LogP contribution in [0.5, 0.6) is 0 Å². The third kappa shape index (κ3) is 2.36. The number of esters is 1. The molecule has 3 heteroatoms. The lowest BCUT2D eigenvalue weighted by molar-refractivity contribution is -0.134. The Balaban J connectivity index is 3.00. The van der Waals surface area contributed by atoms with E-state index in [0.29, 0.717) is 5.70 Å². The standard InChI is InChI=1S/C11H13NO2/c1-8-5-3-4-6-9(8)10(12)7-11(13)14-2/h3-7H,12H2,1-2H3/b10-7+. The number of methoxy groups -OCH3 is 1. The van der Waals surface area contributed by atoms with Gasteiger partial charge in [0.25, 0.3) is 0 Å². The van der Waals surface area contributed by atoms with E-state index in [1.807, 2.05) is 31.2 Å². The third-order valence-corrected chi connectivity index (χ3v) is 1.93. The summed E-state index contributed by atoms with van der Waals surface area (Å²) in [6.07, 6.45) is 1.28. The molecule has 1 aromatic rings. The third-order valence-electron chi connectivity index (χ3n) is 1.93. The van der Waals surface area contributed by atoms with Crippen LogP contribution in [0.1, 0.15) is 11.1 Å². The lowest BCUT2D eigenvalue weighted by Crippen LogP contribution is -2.04. The van der Waals surface area contributed by atoms with Crippen LogP contribution in [0.4, 0.5) is 0 Å². The molecule has 14 heavy (non-hydrogen) atoms. The largest absolute Gasteiger partial charge is 0.466 e. The zero-order valence-electron chi connectivity index (χ0n) is 8.28. The number of carbonyl (C=O) groups is 1. The Bertz CT molecular complexity index is 369. The van der Waals surface area contributed by atoms with Gasteiger partial charge in [0.15, 0.2) is 0 Å². The summed E-state index contributed by atoms with van der Waals surface area (Å²) >= 11 is 0. The molecular formula is C11H13NO2. The first-order valence-electron chi connectivity index (χ1n) is 4.26. The summed E-state index contributed by atoms with van der Waals surface area (Å²) in [5.41, 5.74) is 8.05. The highest BCUT2D eigenvalue weighted by Crippen LogP contribution is 2.13. The number of hydrogen-bond donors (Lipinski definition) is 1. The molecule has 0 bridgehead atoms. The second-order valence-electron chi connectivity index (χ2n) is 2.94. The molecule has 0 spiro atoms. The van der Waals surface area contributed by atoms with Crippen molar-refractivity contribution in [1.29, 1.82) is 0 Å². The van der Waals surface area contributed by atoms with E-state index in [4.69, 9.17) is 5.73 Å². The fourth-order valence-corrected chi connectivity index (χ4v) is 1.16. The molecule has 0 atom stereocenters. The molecule has 0 unspecified atom stereocenters. The molecule has 0 saturated heterocycles. The maximum Gasteiger partial charge on any atom is 0.332 e. The number of ether oxygens (including phenoxy) is 1. The van der Waals surface area contributed by atoms with Crippen LogP contribution in [0, 0.1) is 6.92 Å². The predicted octanol–water partition coefficient (Wildman–Crippen LogP) is 1.47. The van der Waals surface area contributed by atoms with Crippen molar-refractivity contribution in [2.24, 2.45) is 5.73 Å². The number of rotatable bonds is 2. The molecule has 74 valence electrons. The molecule has 3 nitrogen and oxygen atoms in total. The highest BCUT2D eigenvalue weighted by atomic mass is 16.5. The molecule has 0 aliphatic heterocycles. The molecule has 2 N–H and O–H groups in total. The normalized spacial score (nSPS) is 11.1. The van der Waals surface area contributed by atoms with E-state index in [-0.39, 0.29) is 0 Å². The Morgan fingerprint density at radius 2 is 2.07 bits per heavy atom. The molecular weight excluding hydrogens is 178 g/mol. The van der Waals surface area contributed by atoms with Crippen molar-refractivity contribution >= 4 is 11.7 Å². The molecule has 0 aromatic heterocycles. The number of benzene rings is 1. The molecule has 0 fully saturated rings. The first-order chi connectivity index (χ1) is 6.65. The smallest absolute Gasteiger partial charge is 0.332 e. The first kappa shape index (κ1) is 10.3. The second kappa shape index (κ2) is 4.46. The van der Waals surface area contributed by atoms with Crippen molar-refractivity contribution in [2.75, 3.05) is 7.11 Å². The fraction of sp³-hybridized carbons (Fsp3) is 0.182. The van der Waals surface area contributed by atoms with E-state index in [1.165, 1.54) is 13.2 Å². The first-order valence-corrected chi connectivity index (χ1v) is 4.26. The van der Waals surface area contributed by atoms with Gasteiger partial charge < -0.3 is 10.5 Å². The number of hydrogen-bond acceptors (Lipinski definition) is 3. The van der Waals surface area contributed by atoms with Crippen LogP contribution in [0.15, 0.2) is 30.3 Å². The van der Waals surface area contributed by atoms with E-state index >= 15 is 0 Å². The average Bonchev–Trinajstić information content (AvgIpc) is 2.18. The van der Waals surface area contributed by atoms with Crippen LogP contribution in [-0.2, 0) is 9.53 Å². The van der Waals surface area contributed by atoms with Gasteiger partial charge in [-0.05, 0) is 12.5 Å². The van der Waals surface area contributed by atoms with Gasteiger partial charge in [0.1, 0.15) is 0 Å². The number of carbonyl (C=O) groups excluding carboxylic acids is 1.